The molecule has 0 spiro atoms. The Balaban J connectivity index is 5.54. The summed E-state index contributed by atoms with van der Waals surface area (Å²) in [5.41, 5.74) is 5.51. The minimum atomic E-state index is -1.31. The molecule has 6 atom stereocenters. The van der Waals surface area contributed by atoms with Gasteiger partial charge in [0.25, 0.3) is 0 Å². The minimum Gasteiger partial charge on any atom is -0.467 e. The van der Waals surface area contributed by atoms with E-state index in [9.17, 15) is 33.9 Å². The van der Waals surface area contributed by atoms with Gasteiger partial charge in [0.2, 0.25) is 29.5 Å². The van der Waals surface area contributed by atoms with E-state index in [1.807, 2.05) is 27.7 Å². The van der Waals surface area contributed by atoms with E-state index < -0.39 is 72.3 Å². The molecule has 47 heavy (non-hydrogen) atoms. The average molecular weight is 671 g/mol. The maximum atomic E-state index is 13.5. The predicted octanol–water partition coefficient (Wildman–Crippen LogP) is 0.888. The summed E-state index contributed by atoms with van der Waals surface area (Å²) in [6.07, 6.45) is 0.467. The van der Waals surface area contributed by atoms with Crippen molar-refractivity contribution in [3.05, 3.63) is 0 Å². The van der Waals surface area contributed by atoms with Gasteiger partial charge in [-0.1, -0.05) is 55.4 Å². The highest BCUT2D eigenvalue weighted by Crippen LogP contribution is 2.14. The van der Waals surface area contributed by atoms with E-state index in [2.05, 4.69) is 26.6 Å². The van der Waals surface area contributed by atoms with E-state index in [4.69, 9.17) is 10.5 Å². The molecule has 0 fully saturated rings. The van der Waals surface area contributed by atoms with Gasteiger partial charge in [0.1, 0.15) is 24.2 Å². The minimum absolute atomic E-state index is 0.0332. The zero-order valence-electron chi connectivity index (χ0n) is 30.1. The number of rotatable bonds is 22. The number of hydrogen-bond acceptors (Lipinski definition) is 9. The lowest BCUT2D eigenvalue weighted by atomic mass is 9.95. The molecule has 0 unspecified atom stereocenters. The lowest BCUT2D eigenvalue weighted by Crippen LogP contribution is -2.59. The van der Waals surface area contributed by atoms with Gasteiger partial charge >= 0.3 is 5.97 Å². The standard InChI is InChI=1S/C33H62N6O8/c1-18(2)15-24(25(40)17-27(42)35-22(9)30(43)36-23(33(46)47-10)13-11-12-14-34)37-31(44)29(21(7)8)39-32(45)28(20(5)6)38-26(41)16-19(3)4/h18-25,28-29,40H,11-17,34H2,1-10H3,(H,35,42)(H,36,43)(H,37,44)(H,38,41)(H,39,45)/t22-,23-,24-,25-,28-,29-/m0/s1. The van der Waals surface area contributed by atoms with Gasteiger partial charge in [-0.05, 0) is 62.8 Å². The number of carbonyl (C=O) groups is 6. The highest BCUT2D eigenvalue weighted by atomic mass is 16.5. The van der Waals surface area contributed by atoms with Crippen LogP contribution in [0.15, 0.2) is 0 Å². The zero-order valence-corrected chi connectivity index (χ0v) is 30.1. The Morgan fingerprint density at radius 1 is 0.660 bits per heavy atom. The maximum Gasteiger partial charge on any atom is 0.328 e. The molecular weight excluding hydrogens is 608 g/mol. The topological polar surface area (TPSA) is 218 Å². The molecule has 0 rings (SSSR count). The number of unbranched alkanes of at least 4 members (excludes halogenated alkanes) is 1. The van der Waals surface area contributed by atoms with Crippen molar-refractivity contribution in [1.82, 2.24) is 26.6 Å². The lowest BCUT2D eigenvalue weighted by Gasteiger charge is -2.31. The van der Waals surface area contributed by atoms with Crippen LogP contribution >= 0.6 is 0 Å². The maximum absolute atomic E-state index is 13.5. The summed E-state index contributed by atoms with van der Waals surface area (Å²) >= 11 is 0. The fourth-order valence-corrected chi connectivity index (χ4v) is 4.89. The number of nitrogens with one attached hydrogen (secondary N) is 5. The number of hydrogen-bond donors (Lipinski definition) is 7. The number of amides is 5. The van der Waals surface area contributed by atoms with Crippen molar-refractivity contribution >= 4 is 35.5 Å². The summed E-state index contributed by atoms with van der Waals surface area (Å²) in [4.78, 5) is 76.8. The first-order valence-corrected chi connectivity index (χ1v) is 16.8. The molecule has 0 aromatic rings. The summed E-state index contributed by atoms with van der Waals surface area (Å²) in [5.74, 6) is -3.54. The van der Waals surface area contributed by atoms with Crippen LogP contribution in [0, 0.1) is 23.7 Å². The number of aliphatic hydroxyl groups is 1. The number of aliphatic hydroxyl groups excluding tert-OH is 1. The van der Waals surface area contributed by atoms with E-state index in [0.717, 1.165) is 0 Å². The van der Waals surface area contributed by atoms with E-state index in [1.54, 1.807) is 27.7 Å². The Kier molecular flexibility index (Phi) is 20.8. The summed E-state index contributed by atoms with van der Waals surface area (Å²) in [7, 11) is 1.22. The average Bonchev–Trinajstić information content (AvgIpc) is 2.95. The Morgan fingerprint density at radius 3 is 1.68 bits per heavy atom. The number of ether oxygens (including phenoxy) is 1. The van der Waals surface area contributed by atoms with Crippen molar-refractivity contribution in [3.8, 4) is 0 Å². The number of carbonyl (C=O) groups excluding carboxylic acids is 6. The van der Waals surface area contributed by atoms with Crippen LogP contribution in [0.4, 0.5) is 0 Å². The number of nitrogens with two attached hydrogens (primary N) is 1. The van der Waals surface area contributed by atoms with Gasteiger partial charge in [0, 0.05) is 6.42 Å². The van der Waals surface area contributed by atoms with Crippen LogP contribution in [0.2, 0.25) is 0 Å². The van der Waals surface area contributed by atoms with Crippen LogP contribution in [-0.2, 0) is 33.5 Å². The van der Waals surface area contributed by atoms with Crippen LogP contribution in [-0.4, -0.2) is 90.6 Å². The summed E-state index contributed by atoms with van der Waals surface area (Å²) < 4.78 is 4.77. The monoisotopic (exact) mass is 670 g/mol. The van der Waals surface area contributed by atoms with E-state index in [0.29, 0.717) is 32.2 Å². The third-order valence-electron chi connectivity index (χ3n) is 7.54. The van der Waals surface area contributed by atoms with Crippen LogP contribution < -0.4 is 32.3 Å². The molecule has 0 aromatic carbocycles. The van der Waals surface area contributed by atoms with Crippen molar-refractivity contribution in [2.75, 3.05) is 13.7 Å². The molecular formula is C33H62N6O8. The van der Waals surface area contributed by atoms with Crippen LogP contribution in [0.5, 0.6) is 0 Å². The Hall–Kier alpha value is -3.26. The quantitative estimate of drug-likeness (QED) is 0.0642. The van der Waals surface area contributed by atoms with Crippen molar-refractivity contribution < 1.29 is 38.6 Å². The van der Waals surface area contributed by atoms with Gasteiger partial charge in [-0.3, -0.25) is 24.0 Å². The largest absolute Gasteiger partial charge is 0.467 e. The smallest absolute Gasteiger partial charge is 0.328 e. The Bertz CT molecular complexity index is 1020. The molecule has 272 valence electrons. The van der Waals surface area contributed by atoms with Gasteiger partial charge in [-0.2, -0.15) is 0 Å². The molecule has 14 nitrogen and oxygen atoms in total. The molecule has 0 aromatic heterocycles. The third-order valence-corrected chi connectivity index (χ3v) is 7.54. The first-order chi connectivity index (χ1) is 21.8. The van der Waals surface area contributed by atoms with E-state index in [-0.39, 0.29) is 36.0 Å². The van der Waals surface area contributed by atoms with Crippen LogP contribution in [0.25, 0.3) is 0 Å². The second-order valence-corrected chi connectivity index (χ2v) is 13.8. The molecule has 14 heteroatoms. The normalized spacial score (nSPS) is 15.3. The molecule has 0 aliphatic carbocycles. The fourth-order valence-electron chi connectivity index (χ4n) is 4.89. The Labute approximate surface area is 280 Å². The molecule has 0 aliphatic heterocycles. The summed E-state index contributed by atoms with van der Waals surface area (Å²) in [6, 6.07) is -4.57. The first kappa shape index (κ1) is 43.7. The van der Waals surface area contributed by atoms with Gasteiger partial charge in [-0.15, -0.1) is 0 Å². The third kappa shape index (κ3) is 17.5. The molecule has 0 aliphatic rings. The molecule has 0 saturated heterocycles. The Morgan fingerprint density at radius 2 is 1.19 bits per heavy atom. The molecule has 0 saturated carbocycles. The van der Waals surface area contributed by atoms with Gasteiger partial charge in [-0.25, -0.2) is 4.79 Å². The predicted molar refractivity (Wildman–Crippen MR) is 179 cm³/mol. The van der Waals surface area contributed by atoms with E-state index in [1.165, 1.54) is 14.0 Å². The molecule has 5 amide bonds. The number of esters is 1. The van der Waals surface area contributed by atoms with Gasteiger partial charge < -0.3 is 42.2 Å². The van der Waals surface area contributed by atoms with Crippen LogP contribution in [0.3, 0.4) is 0 Å². The summed E-state index contributed by atoms with van der Waals surface area (Å²) in [6.45, 7) is 16.6. The SMILES string of the molecule is COC(=O)[C@H](CCCCN)NC(=O)[C@H](C)NC(=O)C[C@H](O)[C@H](CC(C)C)NC(=O)[C@@H](NC(=O)[C@@H](NC(=O)CC(C)C)C(C)C)C(C)C. The highest BCUT2D eigenvalue weighted by Gasteiger charge is 2.33. The van der Waals surface area contributed by atoms with Crippen molar-refractivity contribution in [2.24, 2.45) is 29.4 Å². The van der Waals surface area contributed by atoms with Gasteiger partial charge in [0.05, 0.1) is 25.7 Å². The fraction of sp³-hybridized carbons (Fsp3) is 0.818. The molecule has 0 radical (unpaired) electrons. The highest BCUT2D eigenvalue weighted by molar-refractivity contribution is 5.93. The summed E-state index contributed by atoms with van der Waals surface area (Å²) in [5, 5.41) is 24.5. The second kappa shape index (κ2) is 22.3. The van der Waals surface area contributed by atoms with Crippen molar-refractivity contribution in [3.63, 3.8) is 0 Å². The zero-order chi connectivity index (χ0) is 36.4. The second-order valence-electron chi connectivity index (χ2n) is 13.8. The molecule has 0 heterocycles. The van der Waals surface area contributed by atoms with Crippen LogP contribution in [0.1, 0.15) is 101 Å². The number of methoxy groups -OCH3 is 1. The first-order valence-electron chi connectivity index (χ1n) is 16.8. The van der Waals surface area contributed by atoms with E-state index >= 15 is 0 Å². The van der Waals surface area contributed by atoms with Crippen molar-refractivity contribution in [2.45, 2.75) is 137 Å². The lowest BCUT2D eigenvalue weighted by molar-refractivity contribution is -0.145. The van der Waals surface area contributed by atoms with Gasteiger partial charge in [0.15, 0.2) is 0 Å². The molecule has 0 bridgehead atoms. The van der Waals surface area contributed by atoms with Crippen molar-refractivity contribution in [1.29, 1.82) is 0 Å². The molecule has 8 N–H and O–H groups in total.